The highest BCUT2D eigenvalue weighted by molar-refractivity contribution is 6.18. The smallest absolute Gasteiger partial charge is 0.223 e. The molecule has 0 radical (unpaired) electrons. The Bertz CT molecular complexity index is 397. The van der Waals surface area contributed by atoms with Gasteiger partial charge in [0.15, 0.2) is 0 Å². The zero-order chi connectivity index (χ0) is 13.0. The first-order chi connectivity index (χ1) is 8.70. The third kappa shape index (κ3) is 3.74. The number of nitrogens with zero attached hydrogens (tertiary/aromatic N) is 1. The number of hydrogen-bond acceptors (Lipinski definition) is 1. The van der Waals surface area contributed by atoms with Crippen molar-refractivity contribution < 1.29 is 4.79 Å². The molecule has 1 amide bonds. The SMILES string of the molecule is Cc1ccc(CCC(=O)N(CCCl)C2CC2)cc1. The molecule has 0 heterocycles. The van der Waals surface area contributed by atoms with Crippen LogP contribution in [0.1, 0.15) is 30.4 Å². The van der Waals surface area contributed by atoms with Crippen LogP contribution in [-0.2, 0) is 11.2 Å². The van der Waals surface area contributed by atoms with Crippen molar-refractivity contribution in [3.05, 3.63) is 35.4 Å². The van der Waals surface area contributed by atoms with Crippen molar-refractivity contribution in [3.8, 4) is 0 Å². The minimum absolute atomic E-state index is 0.249. The van der Waals surface area contributed by atoms with E-state index < -0.39 is 0 Å². The van der Waals surface area contributed by atoms with Gasteiger partial charge in [0.05, 0.1) is 0 Å². The summed E-state index contributed by atoms with van der Waals surface area (Å²) < 4.78 is 0. The maximum absolute atomic E-state index is 12.1. The standard InChI is InChI=1S/C15H20ClNO/c1-12-2-4-13(5-3-12)6-9-15(18)17(11-10-16)14-7-8-14/h2-5,14H,6-11H2,1H3. The van der Waals surface area contributed by atoms with Gasteiger partial charge in [0, 0.05) is 24.9 Å². The van der Waals surface area contributed by atoms with Gasteiger partial charge in [-0.2, -0.15) is 0 Å². The molecule has 0 atom stereocenters. The molecule has 1 aromatic rings. The van der Waals surface area contributed by atoms with Crippen LogP contribution in [0.4, 0.5) is 0 Å². The van der Waals surface area contributed by atoms with E-state index in [1.807, 2.05) is 4.90 Å². The Morgan fingerprint density at radius 1 is 1.33 bits per heavy atom. The third-order valence-electron chi connectivity index (χ3n) is 3.38. The molecule has 1 fully saturated rings. The van der Waals surface area contributed by atoms with Gasteiger partial charge < -0.3 is 4.90 Å². The Balaban J connectivity index is 1.84. The number of halogens is 1. The first-order valence-electron chi connectivity index (χ1n) is 6.61. The van der Waals surface area contributed by atoms with Crippen molar-refractivity contribution in [2.75, 3.05) is 12.4 Å². The first kappa shape index (κ1) is 13.4. The summed E-state index contributed by atoms with van der Waals surface area (Å²) in [7, 11) is 0. The first-order valence-corrected chi connectivity index (χ1v) is 7.15. The van der Waals surface area contributed by atoms with Crippen LogP contribution in [0, 0.1) is 6.92 Å². The summed E-state index contributed by atoms with van der Waals surface area (Å²) in [5.74, 6) is 0.783. The van der Waals surface area contributed by atoms with E-state index in [1.54, 1.807) is 0 Å². The normalized spacial score (nSPS) is 14.6. The Morgan fingerprint density at radius 3 is 2.56 bits per heavy atom. The molecule has 18 heavy (non-hydrogen) atoms. The lowest BCUT2D eigenvalue weighted by molar-refractivity contribution is -0.131. The maximum Gasteiger partial charge on any atom is 0.223 e. The van der Waals surface area contributed by atoms with Crippen molar-refractivity contribution in [2.24, 2.45) is 0 Å². The lowest BCUT2D eigenvalue weighted by atomic mass is 10.1. The van der Waals surface area contributed by atoms with E-state index >= 15 is 0 Å². The molecule has 0 N–H and O–H groups in total. The molecule has 1 aromatic carbocycles. The van der Waals surface area contributed by atoms with Gasteiger partial charge in [-0.15, -0.1) is 11.6 Å². The van der Waals surface area contributed by atoms with Crippen molar-refractivity contribution in [1.29, 1.82) is 0 Å². The quantitative estimate of drug-likeness (QED) is 0.724. The van der Waals surface area contributed by atoms with Crippen LogP contribution in [0.2, 0.25) is 0 Å². The Kier molecular flexibility index (Phi) is 4.65. The van der Waals surface area contributed by atoms with Gasteiger partial charge in [-0.05, 0) is 31.7 Å². The van der Waals surface area contributed by atoms with Crippen LogP contribution in [-0.4, -0.2) is 29.3 Å². The second-order valence-corrected chi connectivity index (χ2v) is 5.37. The number of hydrogen-bond donors (Lipinski definition) is 0. The lowest BCUT2D eigenvalue weighted by Crippen LogP contribution is -2.34. The Morgan fingerprint density at radius 2 is 2.00 bits per heavy atom. The molecule has 1 saturated carbocycles. The van der Waals surface area contributed by atoms with Crippen LogP contribution in [0.3, 0.4) is 0 Å². The fraction of sp³-hybridized carbons (Fsp3) is 0.533. The van der Waals surface area contributed by atoms with Gasteiger partial charge in [-0.3, -0.25) is 4.79 Å². The molecule has 0 spiro atoms. The van der Waals surface area contributed by atoms with E-state index in [4.69, 9.17) is 11.6 Å². The van der Waals surface area contributed by atoms with Crippen molar-refractivity contribution in [2.45, 2.75) is 38.6 Å². The number of carbonyl (C=O) groups excluding carboxylic acids is 1. The van der Waals surface area contributed by atoms with E-state index in [2.05, 4.69) is 31.2 Å². The zero-order valence-electron chi connectivity index (χ0n) is 10.9. The summed E-state index contributed by atoms with van der Waals surface area (Å²) in [6.07, 6.45) is 3.71. The molecule has 0 saturated heterocycles. The molecule has 2 rings (SSSR count). The fourth-order valence-electron chi connectivity index (χ4n) is 2.14. The summed E-state index contributed by atoms with van der Waals surface area (Å²) in [5, 5.41) is 0. The number of amides is 1. The summed E-state index contributed by atoms with van der Waals surface area (Å²) in [4.78, 5) is 14.1. The molecule has 1 aliphatic carbocycles. The van der Waals surface area contributed by atoms with Crippen LogP contribution < -0.4 is 0 Å². The molecule has 3 heteroatoms. The van der Waals surface area contributed by atoms with Gasteiger partial charge in [0.1, 0.15) is 0 Å². The van der Waals surface area contributed by atoms with Crippen LogP contribution in [0.5, 0.6) is 0 Å². The fourth-order valence-corrected chi connectivity index (χ4v) is 2.32. The predicted octanol–water partition coefficient (Wildman–Crippen LogP) is 3.16. The minimum Gasteiger partial charge on any atom is -0.339 e. The lowest BCUT2D eigenvalue weighted by Gasteiger charge is -2.21. The third-order valence-corrected chi connectivity index (χ3v) is 3.55. The highest BCUT2D eigenvalue weighted by atomic mass is 35.5. The average molecular weight is 266 g/mol. The number of carbonyl (C=O) groups is 1. The second kappa shape index (κ2) is 6.24. The predicted molar refractivity (Wildman–Crippen MR) is 75.0 cm³/mol. The van der Waals surface area contributed by atoms with Crippen molar-refractivity contribution >= 4 is 17.5 Å². The minimum atomic E-state index is 0.249. The largest absolute Gasteiger partial charge is 0.339 e. The van der Waals surface area contributed by atoms with E-state index in [9.17, 15) is 4.79 Å². The zero-order valence-corrected chi connectivity index (χ0v) is 11.6. The molecule has 0 bridgehead atoms. The Labute approximate surface area is 114 Å². The van der Waals surface area contributed by atoms with E-state index in [0.29, 0.717) is 24.9 Å². The molecule has 0 aromatic heterocycles. The summed E-state index contributed by atoms with van der Waals surface area (Å²) in [5.41, 5.74) is 2.49. The molecule has 0 unspecified atom stereocenters. The van der Waals surface area contributed by atoms with Crippen LogP contribution >= 0.6 is 11.6 Å². The molecule has 2 nitrogen and oxygen atoms in total. The van der Waals surface area contributed by atoms with Gasteiger partial charge in [0.25, 0.3) is 0 Å². The average Bonchev–Trinajstić information content (AvgIpc) is 3.19. The van der Waals surface area contributed by atoms with Crippen LogP contribution in [0.25, 0.3) is 0 Å². The summed E-state index contributed by atoms with van der Waals surface area (Å²) in [6.45, 7) is 2.77. The Hall–Kier alpha value is -1.02. The second-order valence-electron chi connectivity index (χ2n) is 4.99. The van der Waals surface area contributed by atoms with Gasteiger partial charge in [-0.1, -0.05) is 29.8 Å². The number of benzene rings is 1. The van der Waals surface area contributed by atoms with Gasteiger partial charge >= 0.3 is 0 Å². The molecule has 0 aliphatic heterocycles. The number of aryl methyl sites for hydroxylation is 2. The molecule has 98 valence electrons. The molecular weight excluding hydrogens is 246 g/mol. The molecular formula is C15H20ClNO. The summed E-state index contributed by atoms with van der Waals surface area (Å²) >= 11 is 5.75. The van der Waals surface area contributed by atoms with Gasteiger partial charge in [0.2, 0.25) is 5.91 Å². The summed E-state index contributed by atoms with van der Waals surface area (Å²) in [6, 6.07) is 8.86. The highest BCUT2D eigenvalue weighted by Crippen LogP contribution is 2.27. The topological polar surface area (TPSA) is 20.3 Å². The van der Waals surface area contributed by atoms with E-state index in [0.717, 1.165) is 19.3 Å². The molecule has 1 aliphatic rings. The number of alkyl halides is 1. The van der Waals surface area contributed by atoms with E-state index in [1.165, 1.54) is 11.1 Å². The monoisotopic (exact) mass is 265 g/mol. The maximum atomic E-state index is 12.1. The van der Waals surface area contributed by atoms with Crippen molar-refractivity contribution in [1.82, 2.24) is 4.90 Å². The van der Waals surface area contributed by atoms with Crippen LogP contribution in [0.15, 0.2) is 24.3 Å². The van der Waals surface area contributed by atoms with E-state index in [-0.39, 0.29) is 5.91 Å². The van der Waals surface area contributed by atoms with Gasteiger partial charge in [-0.25, -0.2) is 0 Å². The number of rotatable bonds is 6. The van der Waals surface area contributed by atoms with Crippen molar-refractivity contribution in [3.63, 3.8) is 0 Å². The highest BCUT2D eigenvalue weighted by Gasteiger charge is 2.31.